The van der Waals surface area contributed by atoms with Crippen LogP contribution in [-0.4, -0.2) is 29.3 Å². The normalized spacial score (nSPS) is 18.1. The highest BCUT2D eigenvalue weighted by Gasteiger charge is 2.39. The maximum atomic E-state index is 11.5. The molecule has 116 valence electrons. The summed E-state index contributed by atoms with van der Waals surface area (Å²) in [6.07, 6.45) is 2.09. The SMILES string of the molecule is CC(COc1ccccc1C(C)(C)C)(NC1CC1)C(=O)O. The molecule has 0 spiro atoms. The Morgan fingerprint density at radius 1 is 1.29 bits per heavy atom. The molecule has 2 N–H and O–H groups in total. The third-order valence-electron chi connectivity index (χ3n) is 3.78. The highest BCUT2D eigenvalue weighted by atomic mass is 16.5. The van der Waals surface area contributed by atoms with E-state index in [1.54, 1.807) is 6.92 Å². The molecule has 1 unspecified atom stereocenters. The van der Waals surface area contributed by atoms with E-state index >= 15 is 0 Å². The molecule has 4 nitrogen and oxygen atoms in total. The highest BCUT2D eigenvalue weighted by Crippen LogP contribution is 2.31. The molecule has 0 aliphatic heterocycles. The van der Waals surface area contributed by atoms with Crippen molar-refractivity contribution in [2.75, 3.05) is 6.61 Å². The topological polar surface area (TPSA) is 58.6 Å². The second kappa shape index (κ2) is 5.68. The second-order valence-electron chi connectivity index (χ2n) is 7.09. The van der Waals surface area contributed by atoms with Gasteiger partial charge in [-0.25, -0.2) is 0 Å². The molecule has 1 aromatic carbocycles. The molecule has 1 atom stereocenters. The van der Waals surface area contributed by atoms with E-state index in [1.807, 2.05) is 24.3 Å². The average molecular weight is 291 g/mol. The van der Waals surface area contributed by atoms with Gasteiger partial charge in [-0.05, 0) is 36.8 Å². The van der Waals surface area contributed by atoms with Crippen molar-refractivity contribution in [1.82, 2.24) is 5.32 Å². The lowest BCUT2D eigenvalue weighted by Gasteiger charge is -2.28. The molecule has 2 rings (SSSR count). The molecule has 0 amide bonds. The number of nitrogens with one attached hydrogen (secondary N) is 1. The minimum absolute atomic E-state index is 0.0415. The Bertz CT molecular complexity index is 517. The first kappa shape index (κ1) is 15.8. The van der Waals surface area contributed by atoms with Gasteiger partial charge in [0.25, 0.3) is 0 Å². The van der Waals surface area contributed by atoms with Crippen molar-refractivity contribution in [3.8, 4) is 5.75 Å². The zero-order chi connectivity index (χ0) is 15.7. The van der Waals surface area contributed by atoms with Gasteiger partial charge in [0.1, 0.15) is 17.9 Å². The third kappa shape index (κ3) is 3.97. The first-order valence-corrected chi connectivity index (χ1v) is 7.46. The first-order chi connectivity index (χ1) is 9.72. The van der Waals surface area contributed by atoms with E-state index in [-0.39, 0.29) is 12.0 Å². The summed E-state index contributed by atoms with van der Waals surface area (Å²) in [6.45, 7) is 8.16. The molecule has 0 heterocycles. The van der Waals surface area contributed by atoms with Gasteiger partial charge in [0.15, 0.2) is 0 Å². The maximum Gasteiger partial charge on any atom is 0.327 e. The number of benzene rings is 1. The molecule has 0 aromatic heterocycles. The van der Waals surface area contributed by atoms with Crippen LogP contribution in [0, 0.1) is 0 Å². The minimum Gasteiger partial charge on any atom is -0.491 e. The molecule has 0 saturated heterocycles. The largest absolute Gasteiger partial charge is 0.491 e. The Labute approximate surface area is 126 Å². The van der Waals surface area contributed by atoms with Gasteiger partial charge in [-0.1, -0.05) is 39.0 Å². The van der Waals surface area contributed by atoms with Gasteiger partial charge >= 0.3 is 5.97 Å². The van der Waals surface area contributed by atoms with Crippen LogP contribution in [0.3, 0.4) is 0 Å². The van der Waals surface area contributed by atoms with Crippen LogP contribution in [-0.2, 0) is 10.2 Å². The van der Waals surface area contributed by atoms with Crippen LogP contribution in [0.1, 0.15) is 46.1 Å². The number of carbonyl (C=O) groups is 1. The van der Waals surface area contributed by atoms with Gasteiger partial charge in [-0.2, -0.15) is 0 Å². The molecule has 4 heteroatoms. The fourth-order valence-electron chi connectivity index (χ4n) is 2.28. The molecule has 1 saturated carbocycles. The van der Waals surface area contributed by atoms with Gasteiger partial charge in [-0.3, -0.25) is 10.1 Å². The van der Waals surface area contributed by atoms with E-state index < -0.39 is 11.5 Å². The van der Waals surface area contributed by atoms with Crippen LogP contribution in [0.2, 0.25) is 0 Å². The van der Waals surface area contributed by atoms with Gasteiger partial charge in [-0.15, -0.1) is 0 Å². The lowest BCUT2D eigenvalue weighted by atomic mass is 9.86. The Hall–Kier alpha value is -1.55. The van der Waals surface area contributed by atoms with Crippen molar-refractivity contribution in [3.05, 3.63) is 29.8 Å². The third-order valence-corrected chi connectivity index (χ3v) is 3.78. The summed E-state index contributed by atoms with van der Waals surface area (Å²) in [5, 5.41) is 12.6. The predicted molar refractivity (Wildman–Crippen MR) is 82.8 cm³/mol. The highest BCUT2D eigenvalue weighted by molar-refractivity contribution is 5.78. The Kier molecular flexibility index (Phi) is 4.28. The smallest absolute Gasteiger partial charge is 0.327 e. The zero-order valence-corrected chi connectivity index (χ0v) is 13.3. The van der Waals surface area contributed by atoms with Gasteiger partial charge < -0.3 is 9.84 Å². The van der Waals surface area contributed by atoms with Crippen molar-refractivity contribution in [2.45, 2.75) is 57.5 Å². The van der Waals surface area contributed by atoms with E-state index in [4.69, 9.17) is 4.74 Å². The molecule has 1 aromatic rings. The molecule has 21 heavy (non-hydrogen) atoms. The van der Waals surface area contributed by atoms with E-state index in [0.717, 1.165) is 24.2 Å². The number of hydrogen-bond donors (Lipinski definition) is 2. The monoisotopic (exact) mass is 291 g/mol. The van der Waals surface area contributed by atoms with Crippen molar-refractivity contribution < 1.29 is 14.6 Å². The molecular formula is C17H25NO3. The first-order valence-electron chi connectivity index (χ1n) is 7.46. The van der Waals surface area contributed by atoms with Crippen molar-refractivity contribution in [1.29, 1.82) is 0 Å². The Balaban J connectivity index is 2.12. The van der Waals surface area contributed by atoms with E-state index in [0.29, 0.717) is 6.04 Å². The fourth-order valence-corrected chi connectivity index (χ4v) is 2.28. The molecule has 0 bridgehead atoms. The molecule has 1 aliphatic carbocycles. The number of ether oxygens (including phenoxy) is 1. The lowest BCUT2D eigenvalue weighted by Crippen LogP contribution is -2.54. The predicted octanol–water partition coefficient (Wildman–Crippen LogP) is 2.96. The summed E-state index contributed by atoms with van der Waals surface area (Å²) in [6, 6.07) is 8.14. The van der Waals surface area contributed by atoms with Crippen LogP contribution in [0.15, 0.2) is 24.3 Å². The number of rotatable bonds is 6. The molecule has 1 fully saturated rings. The van der Waals surface area contributed by atoms with Crippen LogP contribution in [0.4, 0.5) is 0 Å². The summed E-state index contributed by atoms with van der Waals surface area (Å²) < 4.78 is 5.88. The summed E-state index contributed by atoms with van der Waals surface area (Å²) in [5.41, 5.74) is -0.00378. The summed E-state index contributed by atoms with van der Waals surface area (Å²) in [4.78, 5) is 11.5. The summed E-state index contributed by atoms with van der Waals surface area (Å²) in [5.74, 6) is -0.113. The van der Waals surface area contributed by atoms with Crippen LogP contribution in [0.5, 0.6) is 5.75 Å². The van der Waals surface area contributed by atoms with Gasteiger partial charge in [0, 0.05) is 6.04 Å². The quantitative estimate of drug-likeness (QED) is 0.846. The van der Waals surface area contributed by atoms with E-state index in [2.05, 4.69) is 26.1 Å². The van der Waals surface area contributed by atoms with E-state index in [9.17, 15) is 9.90 Å². The second-order valence-corrected chi connectivity index (χ2v) is 7.09. The minimum atomic E-state index is -1.05. The van der Waals surface area contributed by atoms with Crippen molar-refractivity contribution in [3.63, 3.8) is 0 Å². The standard InChI is InChI=1S/C17H25NO3/c1-16(2,3)13-7-5-6-8-14(13)21-11-17(4,15(19)20)18-12-9-10-12/h5-8,12,18H,9-11H2,1-4H3,(H,19,20). The summed E-state index contributed by atoms with van der Waals surface area (Å²) >= 11 is 0. The maximum absolute atomic E-state index is 11.5. The number of para-hydroxylation sites is 1. The van der Waals surface area contributed by atoms with Crippen molar-refractivity contribution >= 4 is 5.97 Å². The van der Waals surface area contributed by atoms with Gasteiger partial charge in [0.2, 0.25) is 0 Å². The van der Waals surface area contributed by atoms with Crippen molar-refractivity contribution in [2.24, 2.45) is 0 Å². The molecular weight excluding hydrogens is 266 g/mol. The zero-order valence-electron chi connectivity index (χ0n) is 13.3. The molecule has 1 aliphatic rings. The number of carboxylic acid groups (broad SMARTS) is 1. The fraction of sp³-hybridized carbons (Fsp3) is 0.588. The Morgan fingerprint density at radius 3 is 2.43 bits per heavy atom. The average Bonchev–Trinajstić information content (AvgIpc) is 3.19. The number of hydrogen-bond acceptors (Lipinski definition) is 3. The van der Waals surface area contributed by atoms with Crippen LogP contribution >= 0.6 is 0 Å². The van der Waals surface area contributed by atoms with Crippen LogP contribution < -0.4 is 10.1 Å². The number of aliphatic carboxylic acids is 1. The number of carboxylic acids is 1. The lowest BCUT2D eigenvalue weighted by molar-refractivity contribution is -0.145. The van der Waals surface area contributed by atoms with Crippen LogP contribution in [0.25, 0.3) is 0 Å². The van der Waals surface area contributed by atoms with E-state index in [1.165, 1.54) is 0 Å². The summed E-state index contributed by atoms with van der Waals surface area (Å²) in [7, 11) is 0. The van der Waals surface area contributed by atoms with Gasteiger partial charge in [0.05, 0.1) is 0 Å². The Morgan fingerprint density at radius 2 is 1.90 bits per heavy atom. The molecule has 0 radical (unpaired) electrons.